The maximum Gasteiger partial charge on any atom is 0.306 e. The summed E-state index contributed by atoms with van der Waals surface area (Å²) in [7, 11) is 0. The van der Waals surface area contributed by atoms with Gasteiger partial charge < -0.3 is 14.2 Å². The number of hydrogen-bond donors (Lipinski definition) is 0. The van der Waals surface area contributed by atoms with Crippen molar-refractivity contribution in [2.45, 2.75) is 226 Å². The lowest BCUT2D eigenvalue weighted by Crippen LogP contribution is -2.30. The first-order valence-electron chi connectivity index (χ1n) is 22.0. The Morgan fingerprint density at radius 1 is 0.385 bits per heavy atom. The third-order valence-electron chi connectivity index (χ3n) is 9.40. The van der Waals surface area contributed by atoms with Crippen LogP contribution in [0.4, 0.5) is 0 Å². The second-order valence-electron chi connectivity index (χ2n) is 14.6. The molecule has 0 bridgehead atoms. The number of carbonyl (C=O) groups excluding carboxylic acids is 3. The van der Waals surface area contributed by atoms with E-state index in [0.717, 1.165) is 77.0 Å². The third-order valence-corrected chi connectivity index (χ3v) is 9.40. The first kappa shape index (κ1) is 49.6. The topological polar surface area (TPSA) is 78.9 Å². The first-order valence-corrected chi connectivity index (χ1v) is 22.0. The molecule has 0 radical (unpaired) electrons. The Morgan fingerprint density at radius 2 is 0.712 bits per heavy atom. The van der Waals surface area contributed by atoms with Crippen molar-refractivity contribution in [3.8, 4) is 0 Å². The van der Waals surface area contributed by atoms with Crippen molar-refractivity contribution < 1.29 is 28.6 Å². The van der Waals surface area contributed by atoms with E-state index >= 15 is 0 Å². The van der Waals surface area contributed by atoms with E-state index in [1.165, 1.54) is 103 Å². The second kappa shape index (κ2) is 41.4. The van der Waals surface area contributed by atoms with Crippen LogP contribution in [0.25, 0.3) is 0 Å². The molecule has 302 valence electrons. The highest BCUT2D eigenvalue weighted by molar-refractivity contribution is 5.71. The largest absolute Gasteiger partial charge is 0.462 e. The molecule has 0 amide bonds. The van der Waals surface area contributed by atoms with Crippen LogP contribution in [-0.2, 0) is 28.6 Å². The minimum absolute atomic E-state index is 0.0838. The Bertz CT molecular complexity index is 891. The summed E-state index contributed by atoms with van der Waals surface area (Å²) in [5.74, 6) is -0.923. The number of ether oxygens (including phenoxy) is 3. The average molecular weight is 731 g/mol. The van der Waals surface area contributed by atoms with Crippen molar-refractivity contribution in [1.29, 1.82) is 0 Å². The molecule has 0 saturated heterocycles. The van der Waals surface area contributed by atoms with Crippen LogP contribution >= 0.6 is 0 Å². The molecule has 0 rings (SSSR count). The van der Waals surface area contributed by atoms with Crippen LogP contribution in [0.2, 0.25) is 0 Å². The van der Waals surface area contributed by atoms with Gasteiger partial charge in [0.15, 0.2) is 6.10 Å². The first-order chi connectivity index (χ1) is 25.5. The van der Waals surface area contributed by atoms with Crippen LogP contribution < -0.4 is 0 Å². The van der Waals surface area contributed by atoms with E-state index < -0.39 is 6.10 Å². The fourth-order valence-electron chi connectivity index (χ4n) is 5.99. The zero-order valence-electron chi connectivity index (χ0n) is 34.3. The molecular formula is C46H82O6. The minimum atomic E-state index is -0.782. The zero-order valence-corrected chi connectivity index (χ0v) is 34.3. The number of esters is 3. The van der Waals surface area contributed by atoms with Crippen LogP contribution in [-0.4, -0.2) is 37.2 Å². The highest BCUT2D eigenvalue weighted by Crippen LogP contribution is 2.14. The van der Waals surface area contributed by atoms with Crippen LogP contribution in [0.3, 0.4) is 0 Å². The molecule has 0 heterocycles. The maximum atomic E-state index is 12.7. The van der Waals surface area contributed by atoms with Crippen LogP contribution in [0.1, 0.15) is 220 Å². The molecule has 0 N–H and O–H groups in total. The van der Waals surface area contributed by atoms with E-state index in [0.29, 0.717) is 19.3 Å². The van der Waals surface area contributed by atoms with Gasteiger partial charge in [-0.05, 0) is 57.8 Å². The Labute approximate surface area is 321 Å². The molecule has 6 nitrogen and oxygen atoms in total. The average Bonchev–Trinajstić information content (AvgIpc) is 3.14. The standard InChI is InChI=1S/C46H82O6/c1-4-7-10-13-16-19-22-25-27-30-33-36-39-45(48)51-42-43(52-46(49)40-37-34-31-28-24-21-18-15-12-9-6-3)41-50-44(47)38-35-32-29-26-23-20-17-14-11-8-5-2/h14-15,17-18,21,24,43H,4-13,16,19-20,22-23,25-42H2,1-3H3/b17-14-,18-15-,24-21-. The van der Waals surface area contributed by atoms with Gasteiger partial charge in [-0.2, -0.15) is 0 Å². The third kappa shape index (κ3) is 38.9. The highest BCUT2D eigenvalue weighted by atomic mass is 16.6. The Kier molecular flexibility index (Phi) is 39.5. The van der Waals surface area contributed by atoms with Crippen molar-refractivity contribution in [2.75, 3.05) is 13.2 Å². The summed E-state index contributed by atoms with van der Waals surface area (Å²) in [5.41, 5.74) is 0. The van der Waals surface area contributed by atoms with Crippen LogP contribution in [0.15, 0.2) is 36.5 Å². The number of carbonyl (C=O) groups is 3. The highest BCUT2D eigenvalue weighted by Gasteiger charge is 2.19. The normalized spacial score (nSPS) is 12.3. The minimum Gasteiger partial charge on any atom is -0.462 e. The molecule has 0 aliphatic carbocycles. The fourth-order valence-corrected chi connectivity index (χ4v) is 5.99. The van der Waals surface area contributed by atoms with Crippen LogP contribution in [0.5, 0.6) is 0 Å². The summed E-state index contributed by atoms with van der Waals surface area (Å²) >= 11 is 0. The van der Waals surface area contributed by atoms with Gasteiger partial charge in [-0.1, -0.05) is 179 Å². The zero-order chi connectivity index (χ0) is 38.0. The van der Waals surface area contributed by atoms with E-state index in [1.54, 1.807) is 0 Å². The Balaban J connectivity index is 4.41. The van der Waals surface area contributed by atoms with E-state index in [4.69, 9.17) is 14.2 Å². The molecule has 0 aromatic rings. The molecule has 1 unspecified atom stereocenters. The van der Waals surface area contributed by atoms with Gasteiger partial charge in [-0.15, -0.1) is 0 Å². The predicted molar refractivity (Wildman–Crippen MR) is 219 cm³/mol. The van der Waals surface area contributed by atoms with Gasteiger partial charge in [0.25, 0.3) is 0 Å². The molecule has 0 spiro atoms. The van der Waals surface area contributed by atoms with E-state index in [9.17, 15) is 14.4 Å². The SMILES string of the molecule is CCCC/C=C\C=C/CCCCCC(=O)OC(COC(=O)CCCCCCC/C=C\CCCC)COC(=O)CCCCCCCCCCCCCC. The molecule has 0 aromatic carbocycles. The Morgan fingerprint density at radius 3 is 1.17 bits per heavy atom. The van der Waals surface area contributed by atoms with Crippen molar-refractivity contribution in [2.24, 2.45) is 0 Å². The fraction of sp³-hybridized carbons (Fsp3) is 0.804. The number of allylic oxidation sites excluding steroid dienone is 6. The van der Waals surface area contributed by atoms with Crippen molar-refractivity contribution >= 4 is 17.9 Å². The molecule has 0 fully saturated rings. The van der Waals surface area contributed by atoms with Gasteiger partial charge in [0.2, 0.25) is 0 Å². The second-order valence-corrected chi connectivity index (χ2v) is 14.6. The van der Waals surface area contributed by atoms with Crippen molar-refractivity contribution in [3.05, 3.63) is 36.5 Å². The van der Waals surface area contributed by atoms with Gasteiger partial charge in [0.1, 0.15) is 13.2 Å². The van der Waals surface area contributed by atoms with Gasteiger partial charge in [-0.3, -0.25) is 14.4 Å². The van der Waals surface area contributed by atoms with Gasteiger partial charge >= 0.3 is 17.9 Å². The monoisotopic (exact) mass is 731 g/mol. The number of rotatable bonds is 39. The molecule has 52 heavy (non-hydrogen) atoms. The summed E-state index contributed by atoms with van der Waals surface area (Å²) in [6.07, 6.45) is 45.5. The summed E-state index contributed by atoms with van der Waals surface area (Å²) in [6.45, 7) is 6.50. The quantitative estimate of drug-likeness (QED) is 0.0206. The summed E-state index contributed by atoms with van der Waals surface area (Å²) in [5, 5.41) is 0. The number of unbranched alkanes of at least 4 members (excludes halogenated alkanes) is 23. The maximum absolute atomic E-state index is 12.7. The van der Waals surface area contributed by atoms with Crippen molar-refractivity contribution in [3.63, 3.8) is 0 Å². The van der Waals surface area contributed by atoms with Gasteiger partial charge in [-0.25, -0.2) is 0 Å². The van der Waals surface area contributed by atoms with Gasteiger partial charge in [0, 0.05) is 19.3 Å². The molecule has 6 heteroatoms. The van der Waals surface area contributed by atoms with Gasteiger partial charge in [0.05, 0.1) is 0 Å². The molecule has 0 aliphatic rings. The van der Waals surface area contributed by atoms with Crippen molar-refractivity contribution in [1.82, 2.24) is 0 Å². The van der Waals surface area contributed by atoms with E-state index in [1.807, 2.05) is 0 Å². The molecule has 0 aliphatic heterocycles. The molecule has 0 aromatic heterocycles. The lowest BCUT2D eigenvalue weighted by Gasteiger charge is -2.18. The lowest BCUT2D eigenvalue weighted by atomic mass is 10.0. The number of hydrogen-bond acceptors (Lipinski definition) is 6. The lowest BCUT2D eigenvalue weighted by molar-refractivity contribution is -0.167. The van der Waals surface area contributed by atoms with Crippen LogP contribution in [0, 0.1) is 0 Å². The summed E-state index contributed by atoms with van der Waals surface area (Å²) in [6, 6.07) is 0. The van der Waals surface area contributed by atoms with E-state index in [2.05, 4.69) is 57.2 Å². The molecule has 1 atom stereocenters. The Hall–Kier alpha value is -2.37. The smallest absolute Gasteiger partial charge is 0.306 e. The molecule has 0 saturated carbocycles. The van der Waals surface area contributed by atoms with E-state index in [-0.39, 0.29) is 31.1 Å². The molecular weight excluding hydrogens is 648 g/mol. The predicted octanol–water partition coefficient (Wildman–Crippen LogP) is 13.8. The summed E-state index contributed by atoms with van der Waals surface area (Å²) in [4.78, 5) is 37.6. The summed E-state index contributed by atoms with van der Waals surface area (Å²) < 4.78 is 16.6.